The van der Waals surface area contributed by atoms with Crippen molar-refractivity contribution in [2.45, 2.75) is 45.8 Å². The van der Waals surface area contributed by atoms with Crippen LogP contribution in [0.2, 0.25) is 0 Å². The molecule has 1 N–H and O–H groups in total. The van der Waals surface area contributed by atoms with Crippen molar-refractivity contribution in [1.29, 1.82) is 0 Å². The molecule has 0 saturated carbocycles. The second-order valence-corrected chi connectivity index (χ2v) is 7.31. The van der Waals surface area contributed by atoms with E-state index in [0.717, 1.165) is 49.6 Å². The number of anilines is 1. The second-order valence-electron chi connectivity index (χ2n) is 7.31. The smallest absolute Gasteiger partial charge is 0.217 e. The van der Waals surface area contributed by atoms with Gasteiger partial charge in [0.2, 0.25) is 5.91 Å². The lowest BCUT2D eigenvalue weighted by atomic mass is 10.1. The molecule has 0 radical (unpaired) electrons. The first-order valence-electron chi connectivity index (χ1n) is 10.1. The number of carbonyl (C=O) groups excluding carboxylic acids is 1. The number of hydrogen-bond donors (Lipinski definition) is 1. The lowest BCUT2D eigenvalue weighted by molar-refractivity contribution is -0.119. The van der Waals surface area contributed by atoms with Gasteiger partial charge in [0.15, 0.2) is 0 Å². The summed E-state index contributed by atoms with van der Waals surface area (Å²) in [4.78, 5) is 13.5. The molecule has 0 aromatic heterocycles. The van der Waals surface area contributed by atoms with Gasteiger partial charge in [-0.05, 0) is 55.3 Å². The molecule has 0 spiro atoms. The lowest BCUT2D eigenvalue weighted by Crippen LogP contribution is -2.24. The summed E-state index contributed by atoms with van der Waals surface area (Å²) in [5.74, 6) is 1.77. The molecule has 1 saturated heterocycles. The van der Waals surface area contributed by atoms with Crippen LogP contribution in [0.5, 0.6) is 11.5 Å². The third kappa shape index (κ3) is 5.41. The van der Waals surface area contributed by atoms with Gasteiger partial charge in [-0.3, -0.25) is 4.79 Å². The first-order valence-corrected chi connectivity index (χ1v) is 10.1. The maximum atomic E-state index is 11.2. The summed E-state index contributed by atoms with van der Waals surface area (Å²) in [5.41, 5.74) is 2.27. The Morgan fingerprint density at radius 2 is 1.82 bits per heavy atom. The van der Waals surface area contributed by atoms with Crippen molar-refractivity contribution >= 4 is 11.6 Å². The van der Waals surface area contributed by atoms with Crippen LogP contribution in [-0.2, 0) is 4.79 Å². The maximum Gasteiger partial charge on any atom is 0.217 e. The van der Waals surface area contributed by atoms with Gasteiger partial charge in [-0.2, -0.15) is 0 Å². The molecule has 2 atom stereocenters. The first kappa shape index (κ1) is 20.1. The molecule has 5 heteroatoms. The van der Waals surface area contributed by atoms with Crippen LogP contribution in [0.4, 0.5) is 5.69 Å². The molecule has 1 aliphatic heterocycles. The fourth-order valence-electron chi connectivity index (χ4n) is 3.45. The van der Waals surface area contributed by atoms with Gasteiger partial charge in [-0.25, -0.2) is 0 Å². The zero-order valence-electron chi connectivity index (χ0n) is 17.0. The molecule has 0 bridgehead atoms. The SMILES string of the molecule is CCCOc1ccc(N2CC[C@@H](Oc3ccc([C@H](C)NC(C)=O)cc3)C2)cc1. The Morgan fingerprint density at radius 1 is 1.14 bits per heavy atom. The van der Waals surface area contributed by atoms with Crippen LogP contribution in [0.1, 0.15) is 45.2 Å². The minimum atomic E-state index is -0.0242. The lowest BCUT2D eigenvalue weighted by Gasteiger charge is -2.20. The van der Waals surface area contributed by atoms with Crippen molar-refractivity contribution in [2.24, 2.45) is 0 Å². The van der Waals surface area contributed by atoms with E-state index in [0.29, 0.717) is 0 Å². The Morgan fingerprint density at radius 3 is 2.46 bits per heavy atom. The van der Waals surface area contributed by atoms with Crippen molar-refractivity contribution in [3.63, 3.8) is 0 Å². The second kappa shape index (κ2) is 9.49. The zero-order chi connectivity index (χ0) is 19.9. The summed E-state index contributed by atoms with van der Waals surface area (Å²) in [5, 5.41) is 2.90. The predicted octanol–water partition coefficient (Wildman–Crippen LogP) is 4.33. The molecule has 0 unspecified atom stereocenters. The molecule has 2 aromatic carbocycles. The number of rotatable bonds is 8. The zero-order valence-corrected chi connectivity index (χ0v) is 17.0. The van der Waals surface area contributed by atoms with E-state index in [1.807, 2.05) is 43.3 Å². The maximum absolute atomic E-state index is 11.2. The van der Waals surface area contributed by atoms with Crippen LogP contribution in [0.15, 0.2) is 48.5 Å². The standard InChI is InChI=1S/C23H30N2O3/c1-4-15-27-21-11-7-20(8-12-21)25-14-13-23(16-25)28-22-9-5-19(6-10-22)17(2)24-18(3)26/h5-12,17,23H,4,13-16H2,1-3H3,(H,24,26)/t17-,23+/m0/s1. The van der Waals surface area contributed by atoms with Gasteiger partial charge in [-0.1, -0.05) is 19.1 Å². The normalized spacial score (nSPS) is 17.2. The highest BCUT2D eigenvalue weighted by Crippen LogP contribution is 2.26. The van der Waals surface area contributed by atoms with Gasteiger partial charge in [0.05, 0.1) is 19.2 Å². The van der Waals surface area contributed by atoms with E-state index in [9.17, 15) is 4.79 Å². The average Bonchev–Trinajstić information content (AvgIpc) is 3.15. The monoisotopic (exact) mass is 382 g/mol. The Bertz CT molecular complexity index is 758. The fraction of sp³-hybridized carbons (Fsp3) is 0.435. The predicted molar refractivity (Wildman–Crippen MR) is 112 cm³/mol. The van der Waals surface area contributed by atoms with E-state index in [1.165, 1.54) is 12.6 Å². The number of benzene rings is 2. The summed E-state index contributed by atoms with van der Waals surface area (Å²) in [6.07, 6.45) is 2.19. The molecule has 1 fully saturated rings. The summed E-state index contributed by atoms with van der Waals surface area (Å²) < 4.78 is 11.8. The molecule has 150 valence electrons. The molecule has 0 aliphatic carbocycles. The minimum Gasteiger partial charge on any atom is -0.494 e. The van der Waals surface area contributed by atoms with Crippen molar-refractivity contribution in [3.8, 4) is 11.5 Å². The highest BCUT2D eigenvalue weighted by molar-refractivity contribution is 5.73. The summed E-state index contributed by atoms with van der Waals surface area (Å²) in [7, 11) is 0. The van der Waals surface area contributed by atoms with Gasteiger partial charge < -0.3 is 19.7 Å². The fourth-order valence-corrected chi connectivity index (χ4v) is 3.45. The highest BCUT2D eigenvalue weighted by atomic mass is 16.5. The number of amides is 1. The largest absolute Gasteiger partial charge is 0.494 e. The van der Waals surface area contributed by atoms with Crippen LogP contribution in [0.3, 0.4) is 0 Å². The highest BCUT2D eigenvalue weighted by Gasteiger charge is 2.24. The molecule has 3 rings (SSSR count). The summed E-state index contributed by atoms with van der Waals surface area (Å²) in [6.45, 7) is 8.23. The number of ether oxygens (including phenoxy) is 2. The van der Waals surface area contributed by atoms with Crippen LogP contribution in [0, 0.1) is 0 Å². The Balaban J connectivity index is 1.52. The molecule has 1 amide bonds. The molecular weight excluding hydrogens is 352 g/mol. The molecule has 28 heavy (non-hydrogen) atoms. The van der Waals surface area contributed by atoms with E-state index in [-0.39, 0.29) is 18.1 Å². The molecular formula is C23H30N2O3. The minimum absolute atomic E-state index is 0.00204. The number of nitrogens with zero attached hydrogens (tertiary/aromatic N) is 1. The van der Waals surface area contributed by atoms with Crippen LogP contribution in [0.25, 0.3) is 0 Å². The third-order valence-corrected chi connectivity index (χ3v) is 4.92. The van der Waals surface area contributed by atoms with Crippen LogP contribution >= 0.6 is 0 Å². The van der Waals surface area contributed by atoms with E-state index in [1.54, 1.807) is 0 Å². The summed E-state index contributed by atoms with van der Waals surface area (Å²) >= 11 is 0. The van der Waals surface area contributed by atoms with Gasteiger partial charge in [-0.15, -0.1) is 0 Å². The van der Waals surface area contributed by atoms with Crippen molar-refractivity contribution in [1.82, 2.24) is 5.32 Å². The topological polar surface area (TPSA) is 50.8 Å². The molecule has 1 aliphatic rings. The van der Waals surface area contributed by atoms with E-state index in [4.69, 9.17) is 9.47 Å². The van der Waals surface area contributed by atoms with Gasteiger partial charge in [0, 0.05) is 25.6 Å². The van der Waals surface area contributed by atoms with Crippen molar-refractivity contribution < 1.29 is 14.3 Å². The van der Waals surface area contributed by atoms with Gasteiger partial charge >= 0.3 is 0 Å². The number of carbonyl (C=O) groups is 1. The number of nitrogens with one attached hydrogen (secondary N) is 1. The van der Waals surface area contributed by atoms with E-state index >= 15 is 0 Å². The Kier molecular flexibility index (Phi) is 6.80. The van der Waals surface area contributed by atoms with Crippen LogP contribution < -0.4 is 19.7 Å². The first-order chi connectivity index (χ1) is 13.5. The van der Waals surface area contributed by atoms with Crippen LogP contribution in [-0.4, -0.2) is 31.7 Å². The third-order valence-electron chi connectivity index (χ3n) is 4.92. The van der Waals surface area contributed by atoms with E-state index < -0.39 is 0 Å². The Labute approximate surface area is 167 Å². The molecule has 2 aromatic rings. The molecule has 1 heterocycles. The quantitative estimate of drug-likeness (QED) is 0.738. The molecule has 5 nitrogen and oxygen atoms in total. The van der Waals surface area contributed by atoms with Gasteiger partial charge in [0.1, 0.15) is 17.6 Å². The summed E-state index contributed by atoms with van der Waals surface area (Å²) in [6, 6.07) is 16.3. The average molecular weight is 383 g/mol. The van der Waals surface area contributed by atoms with Gasteiger partial charge in [0.25, 0.3) is 0 Å². The van der Waals surface area contributed by atoms with E-state index in [2.05, 4.69) is 29.3 Å². The Hall–Kier alpha value is -2.69. The van der Waals surface area contributed by atoms with Crippen molar-refractivity contribution in [2.75, 3.05) is 24.6 Å². The number of hydrogen-bond acceptors (Lipinski definition) is 4. The van der Waals surface area contributed by atoms with Crippen molar-refractivity contribution in [3.05, 3.63) is 54.1 Å².